The van der Waals surface area contributed by atoms with Gasteiger partial charge in [-0.25, -0.2) is 4.90 Å². The molecule has 1 saturated heterocycles. The molecule has 1 aliphatic heterocycles. The van der Waals surface area contributed by atoms with Crippen LogP contribution >= 0.6 is 39.3 Å². The van der Waals surface area contributed by atoms with E-state index in [-0.39, 0.29) is 5.24 Å². The van der Waals surface area contributed by atoms with Gasteiger partial charge in [-0.1, -0.05) is 30.3 Å². The topological polar surface area (TPSA) is 55.8 Å². The number of benzene rings is 2. The summed E-state index contributed by atoms with van der Waals surface area (Å²) in [6, 6.07) is 10.1. The van der Waals surface area contributed by atoms with E-state index >= 15 is 0 Å². The monoisotopic (exact) mass is 479 g/mol. The van der Waals surface area contributed by atoms with E-state index in [1.54, 1.807) is 48.6 Å². The summed E-state index contributed by atoms with van der Waals surface area (Å²) in [5, 5.41) is 0.0693. The number of ether oxygens (including phenoxy) is 2. The van der Waals surface area contributed by atoms with E-state index < -0.39 is 5.91 Å². The van der Waals surface area contributed by atoms with Crippen molar-refractivity contribution in [1.29, 1.82) is 0 Å². The van der Waals surface area contributed by atoms with Crippen molar-refractivity contribution in [2.75, 3.05) is 18.6 Å². The molecule has 8 heteroatoms. The summed E-state index contributed by atoms with van der Waals surface area (Å²) in [5.74, 6) is 0.627. The maximum atomic E-state index is 12.8. The summed E-state index contributed by atoms with van der Waals surface area (Å²) in [4.78, 5) is 26.6. The third-order valence-electron chi connectivity index (χ3n) is 3.76. The average molecular weight is 481 g/mol. The summed E-state index contributed by atoms with van der Waals surface area (Å²) < 4.78 is 11.6. The van der Waals surface area contributed by atoms with Gasteiger partial charge in [-0.3, -0.25) is 9.59 Å². The number of amides is 2. The zero-order valence-electron chi connectivity index (χ0n) is 14.8. The molecule has 0 saturated carbocycles. The van der Waals surface area contributed by atoms with Crippen LogP contribution in [0.1, 0.15) is 5.56 Å². The highest BCUT2D eigenvalue weighted by Crippen LogP contribution is 2.40. The van der Waals surface area contributed by atoms with E-state index in [9.17, 15) is 9.59 Å². The molecule has 1 aliphatic rings. The van der Waals surface area contributed by atoms with Crippen molar-refractivity contribution in [2.45, 2.75) is 0 Å². The Morgan fingerprint density at radius 2 is 2.07 bits per heavy atom. The third-order valence-corrected chi connectivity index (χ3v) is 5.45. The van der Waals surface area contributed by atoms with Crippen LogP contribution in [0.25, 0.3) is 6.08 Å². The highest BCUT2D eigenvalue weighted by Gasteiger charge is 2.36. The number of anilines is 1. The fourth-order valence-electron chi connectivity index (χ4n) is 2.56. The first-order valence-electron chi connectivity index (χ1n) is 8.09. The van der Waals surface area contributed by atoms with E-state index in [0.717, 1.165) is 16.7 Å². The Morgan fingerprint density at radius 3 is 2.75 bits per heavy atom. The van der Waals surface area contributed by atoms with Crippen LogP contribution in [0.3, 0.4) is 0 Å². The van der Waals surface area contributed by atoms with Crippen molar-refractivity contribution in [3.8, 4) is 11.5 Å². The van der Waals surface area contributed by atoms with Crippen molar-refractivity contribution in [2.24, 2.45) is 0 Å². The first-order chi connectivity index (χ1) is 13.4. The van der Waals surface area contributed by atoms with Gasteiger partial charge in [0.25, 0.3) is 11.1 Å². The molecule has 1 heterocycles. The van der Waals surface area contributed by atoms with Crippen molar-refractivity contribution in [1.82, 2.24) is 0 Å². The lowest BCUT2D eigenvalue weighted by molar-refractivity contribution is -0.113. The molecule has 0 aliphatic carbocycles. The number of imide groups is 1. The Balaban J connectivity index is 1.93. The molecular weight excluding hydrogens is 466 g/mol. The van der Waals surface area contributed by atoms with E-state index in [0.29, 0.717) is 43.8 Å². The fourth-order valence-corrected chi connectivity index (χ4v) is 4.16. The molecule has 2 aromatic carbocycles. The number of hydrogen-bond acceptors (Lipinski definition) is 5. The molecule has 5 nitrogen and oxygen atoms in total. The number of halogens is 2. The van der Waals surface area contributed by atoms with Crippen LogP contribution in [-0.2, 0) is 4.79 Å². The van der Waals surface area contributed by atoms with Gasteiger partial charge in [0.05, 0.1) is 22.2 Å². The van der Waals surface area contributed by atoms with Crippen LogP contribution in [0.2, 0.25) is 5.02 Å². The quantitative estimate of drug-likeness (QED) is 0.380. The molecule has 0 atom stereocenters. The summed E-state index contributed by atoms with van der Waals surface area (Å²) in [6.45, 7) is 3.95. The van der Waals surface area contributed by atoms with Crippen LogP contribution in [0.4, 0.5) is 10.5 Å². The minimum atomic E-state index is -0.403. The molecule has 144 valence electrons. The van der Waals surface area contributed by atoms with Crippen molar-refractivity contribution < 1.29 is 19.1 Å². The first kappa shape index (κ1) is 20.5. The lowest BCUT2D eigenvalue weighted by atomic mass is 10.1. The normalized spacial score (nSPS) is 15.2. The number of nitrogens with zero attached hydrogens (tertiary/aromatic N) is 1. The van der Waals surface area contributed by atoms with E-state index in [2.05, 4.69) is 22.5 Å². The molecule has 0 radical (unpaired) electrons. The third kappa shape index (κ3) is 4.27. The number of hydrogen-bond donors (Lipinski definition) is 0. The van der Waals surface area contributed by atoms with E-state index in [1.165, 1.54) is 7.11 Å². The van der Waals surface area contributed by atoms with Crippen molar-refractivity contribution in [3.05, 3.63) is 69.0 Å². The number of rotatable bonds is 6. The van der Waals surface area contributed by atoms with Crippen molar-refractivity contribution >= 4 is 62.2 Å². The number of carbonyl (C=O) groups is 2. The molecule has 0 unspecified atom stereocenters. The zero-order valence-corrected chi connectivity index (χ0v) is 17.9. The van der Waals surface area contributed by atoms with Gasteiger partial charge in [0.15, 0.2) is 11.5 Å². The summed E-state index contributed by atoms with van der Waals surface area (Å²) >= 11 is 10.3. The Bertz CT molecular complexity index is 992. The largest absolute Gasteiger partial charge is 0.493 e. The molecule has 0 spiro atoms. The van der Waals surface area contributed by atoms with Gasteiger partial charge in [-0.05, 0) is 69.7 Å². The van der Waals surface area contributed by atoms with Gasteiger partial charge in [0.1, 0.15) is 6.61 Å². The SMILES string of the molecule is C=CCOc1c(Br)cc(/C=C2\SC(=O)N(c3cccc(Cl)c3)C2=O)cc1OC. The van der Waals surface area contributed by atoms with Gasteiger partial charge >= 0.3 is 0 Å². The Hall–Kier alpha value is -2.22. The molecule has 2 aromatic rings. The van der Waals surface area contributed by atoms with Crippen LogP contribution in [0.15, 0.2) is 58.4 Å². The number of carbonyl (C=O) groups excluding carboxylic acids is 2. The molecule has 3 rings (SSSR count). The second kappa shape index (κ2) is 8.86. The smallest absolute Gasteiger partial charge is 0.298 e. The second-order valence-corrected chi connectivity index (χ2v) is 7.91. The highest BCUT2D eigenvalue weighted by atomic mass is 79.9. The predicted octanol–water partition coefficient (Wildman–Crippen LogP) is 5.92. The lowest BCUT2D eigenvalue weighted by Gasteiger charge is -2.13. The summed E-state index contributed by atoms with van der Waals surface area (Å²) in [5.41, 5.74) is 1.12. The maximum absolute atomic E-state index is 12.8. The molecule has 0 aromatic heterocycles. The van der Waals surface area contributed by atoms with Gasteiger partial charge < -0.3 is 9.47 Å². The van der Waals surface area contributed by atoms with Crippen molar-refractivity contribution in [3.63, 3.8) is 0 Å². The van der Waals surface area contributed by atoms with Gasteiger partial charge in [0, 0.05) is 5.02 Å². The van der Waals surface area contributed by atoms with Crippen LogP contribution < -0.4 is 14.4 Å². The molecule has 0 N–H and O–H groups in total. The minimum Gasteiger partial charge on any atom is -0.493 e. The Morgan fingerprint density at radius 1 is 1.29 bits per heavy atom. The Kier molecular flexibility index (Phi) is 6.49. The lowest BCUT2D eigenvalue weighted by Crippen LogP contribution is -2.27. The van der Waals surface area contributed by atoms with Crippen LogP contribution in [0.5, 0.6) is 11.5 Å². The van der Waals surface area contributed by atoms with Gasteiger partial charge in [-0.15, -0.1) is 0 Å². The molecular formula is C20H15BrClNO4S. The molecule has 2 amide bonds. The summed E-state index contributed by atoms with van der Waals surface area (Å²) in [7, 11) is 1.53. The Labute approximate surface area is 180 Å². The van der Waals surface area contributed by atoms with Gasteiger partial charge in [0.2, 0.25) is 0 Å². The number of methoxy groups -OCH3 is 1. The first-order valence-corrected chi connectivity index (χ1v) is 10.1. The van der Waals surface area contributed by atoms with Gasteiger partial charge in [-0.2, -0.15) is 0 Å². The van der Waals surface area contributed by atoms with E-state index in [4.69, 9.17) is 21.1 Å². The zero-order chi connectivity index (χ0) is 20.3. The average Bonchev–Trinajstić information content (AvgIpc) is 2.93. The summed E-state index contributed by atoms with van der Waals surface area (Å²) in [6.07, 6.45) is 3.27. The van der Waals surface area contributed by atoms with Crippen LogP contribution in [0, 0.1) is 0 Å². The standard InChI is InChI=1S/C20H15BrClNO4S/c1-3-7-27-18-15(21)8-12(9-16(18)26-2)10-17-19(24)23(20(25)28-17)14-6-4-5-13(22)11-14/h3-6,8-11H,1,7H2,2H3/b17-10-. The molecule has 1 fully saturated rings. The maximum Gasteiger partial charge on any atom is 0.298 e. The second-order valence-electron chi connectivity index (χ2n) is 5.63. The molecule has 28 heavy (non-hydrogen) atoms. The molecule has 0 bridgehead atoms. The highest BCUT2D eigenvalue weighted by molar-refractivity contribution is 9.10. The fraction of sp³-hybridized carbons (Fsp3) is 0.100. The van der Waals surface area contributed by atoms with E-state index in [1.807, 2.05) is 0 Å². The minimum absolute atomic E-state index is 0.304. The number of thioether (sulfide) groups is 1. The predicted molar refractivity (Wildman–Crippen MR) is 116 cm³/mol. The van der Waals surface area contributed by atoms with Crippen LogP contribution in [-0.4, -0.2) is 24.9 Å².